The predicted octanol–water partition coefficient (Wildman–Crippen LogP) is 2.58. The molecule has 124 valence electrons. The van der Waals surface area contributed by atoms with Gasteiger partial charge in [-0.15, -0.1) is 0 Å². The predicted molar refractivity (Wildman–Crippen MR) is 87.2 cm³/mol. The van der Waals surface area contributed by atoms with E-state index in [2.05, 4.69) is 4.72 Å². The van der Waals surface area contributed by atoms with Crippen LogP contribution in [0.15, 0.2) is 53.4 Å². The molecule has 0 saturated carbocycles. The normalized spacial score (nSPS) is 13.0. The van der Waals surface area contributed by atoms with Gasteiger partial charge in [0.2, 0.25) is 10.0 Å². The minimum atomic E-state index is -3.94. The Bertz CT molecular complexity index is 748. The summed E-state index contributed by atoms with van der Waals surface area (Å²) in [5.41, 5.74) is 1.59. The Labute approximate surface area is 136 Å². The number of aliphatic hydroxyl groups is 1. The van der Waals surface area contributed by atoms with Crippen LogP contribution in [-0.2, 0) is 10.0 Å². The zero-order chi connectivity index (χ0) is 16.9. The molecular formula is C17H20FNO3S. The summed E-state index contributed by atoms with van der Waals surface area (Å²) < 4.78 is 40.9. The van der Waals surface area contributed by atoms with E-state index in [9.17, 15) is 17.9 Å². The molecule has 23 heavy (non-hydrogen) atoms. The second-order valence-electron chi connectivity index (χ2n) is 5.41. The number of rotatable bonds is 7. The molecule has 4 nitrogen and oxygen atoms in total. The van der Waals surface area contributed by atoms with Crippen LogP contribution in [0.4, 0.5) is 4.39 Å². The summed E-state index contributed by atoms with van der Waals surface area (Å²) in [6, 6.07) is 13.3. The number of hydrogen-bond acceptors (Lipinski definition) is 3. The highest BCUT2D eigenvalue weighted by Crippen LogP contribution is 2.20. The van der Waals surface area contributed by atoms with E-state index < -0.39 is 15.8 Å². The summed E-state index contributed by atoms with van der Waals surface area (Å²) in [7, 11) is -3.94. The summed E-state index contributed by atoms with van der Waals surface area (Å²) in [6.07, 6.45) is 0.419. The first kappa shape index (κ1) is 17.6. The minimum absolute atomic E-state index is 0.0555. The van der Waals surface area contributed by atoms with Gasteiger partial charge < -0.3 is 5.11 Å². The first-order valence-corrected chi connectivity index (χ1v) is 8.84. The molecule has 0 aliphatic carbocycles. The van der Waals surface area contributed by atoms with Crippen molar-refractivity contribution in [1.29, 1.82) is 0 Å². The molecule has 1 unspecified atom stereocenters. The molecule has 0 aliphatic heterocycles. The third-order valence-electron chi connectivity index (χ3n) is 3.64. The van der Waals surface area contributed by atoms with Gasteiger partial charge >= 0.3 is 0 Å². The Balaban J connectivity index is 2.18. The zero-order valence-corrected chi connectivity index (χ0v) is 13.7. The smallest absolute Gasteiger partial charge is 0.243 e. The lowest BCUT2D eigenvalue weighted by molar-refractivity contribution is 0.275. The van der Waals surface area contributed by atoms with E-state index in [-0.39, 0.29) is 24.0 Å². The standard InChI is InChI=1S/C17H20FNO3S/c1-13-7-8-16(18)17(11-13)23(21,22)19-12-15(9-10-20)14-5-3-2-4-6-14/h2-8,11,15,19-20H,9-10,12H2,1H3. The highest BCUT2D eigenvalue weighted by atomic mass is 32.2. The Kier molecular flexibility index (Phi) is 5.87. The Morgan fingerprint density at radius 2 is 1.87 bits per heavy atom. The molecule has 0 amide bonds. The van der Waals surface area contributed by atoms with Gasteiger partial charge in [-0.1, -0.05) is 36.4 Å². The maximum absolute atomic E-state index is 13.8. The van der Waals surface area contributed by atoms with Gasteiger partial charge in [-0.3, -0.25) is 0 Å². The monoisotopic (exact) mass is 337 g/mol. The molecule has 0 bridgehead atoms. The molecule has 0 radical (unpaired) electrons. The lowest BCUT2D eigenvalue weighted by Crippen LogP contribution is -2.29. The van der Waals surface area contributed by atoms with E-state index in [1.165, 1.54) is 12.1 Å². The van der Waals surface area contributed by atoms with E-state index in [4.69, 9.17) is 0 Å². The average Bonchev–Trinajstić information content (AvgIpc) is 2.54. The van der Waals surface area contributed by atoms with Crippen molar-refractivity contribution in [2.75, 3.05) is 13.2 Å². The number of benzene rings is 2. The number of nitrogens with one attached hydrogen (secondary N) is 1. The second-order valence-corrected chi connectivity index (χ2v) is 7.14. The van der Waals surface area contributed by atoms with Gasteiger partial charge in [0.25, 0.3) is 0 Å². The Hall–Kier alpha value is -1.76. The van der Waals surface area contributed by atoms with Crippen molar-refractivity contribution in [3.05, 3.63) is 65.5 Å². The van der Waals surface area contributed by atoms with Crippen molar-refractivity contribution in [1.82, 2.24) is 4.72 Å². The summed E-state index contributed by atoms with van der Waals surface area (Å²) in [4.78, 5) is -0.353. The van der Waals surface area contributed by atoms with Crippen LogP contribution in [0, 0.1) is 12.7 Å². The van der Waals surface area contributed by atoms with E-state index in [1.54, 1.807) is 6.92 Å². The van der Waals surface area contributed by atoms with Crippen LogP contribution in [0.25, 0.3) is 0 Å². The maximum Gasteiger partial charge on any atom is 0.243 e. The molecule has 0 aliphatic rings. The first-order chi connectivity index (χ1) is 10.9. The molecule has 0 aromatic heterocycles. The van der Waals surface area contributed by atoms with E-state index in [1.807, 2.05) is 30.3 Å². The van der Waals surface area contributed by atoms with Crippen LogP contribution in [-0.4, -0.2) is 26.7 Å². The summed E-state index contributed by atoms with van der Waals surface area (Å²) in [5, 5.41) is 9.19. The molecule has 0 heterocycles. The van der Waals surface area contributed by atoms with Crippen LogP contribution in [0.2, 0.25) is 0 Å². The van der Waals surface area contributed by atoms with Crippen LogP contribution < -0.4 is 4.72 Å². The second kappa shape index (κ2) is 7.68. The summed E-state index contributed by atoms with van der Waals surface area (Å²) in [5.74, 6) is -0.953. The van der Waals surface area contributed by atoms with Gasteiger partial charge in [0.05, 0.1) is 0 Å². The molecule has 0 saturated heterocycles. The van der Waals surface area contributed by atoms with Gasteiger partial charge in [-0.25, -0.2) is 17.5 Å². The third-order valence-corrected chi connectivity index (χ3v) is 5.08. The fourth-order valence-corrected chi connectivity index (χ4v) is 3.61. The van der Waals surface area contributed by atoms with Crippen molar-refractivity contribution >= 4 is 10.0 Å². The number of hydrogen-bond donors (Lipinski definition) is 2. The largest absolute Gasteiger partial charge is 0.396 e. The van der Waals surface area contributed by atoms with Gasteiger partial charge in [-0.2, -0.15) is 0 Å². The summed E-state index contributed by atoms with van der Waals surface area (Å²) >= 11 is 0. The molecule has 2 aromatic carbocycles. The molecule has 0 fully saturated rings. The molecule has 2 aromatic rings. The lowest BCUT2D eigenvalue weighted by atomic mass is 9.96. The quantitative estimate of drug-likeness (QED) is 0.816. The minimum Gasteiger partial charge on any atom is -0.396 e. The maximum atomic E-state index is 13.8. The molecule has 6 heteroatoms. The molecule has 2 rings (SSSR count). The Morgan fingerprint density at radius 1 is 1.17 bits per heavy atom. The van der Waals surface area contributed by atoms with Gasteiger partial charge in [0, 0.05) is 13.2 Å². The van der Waals surface area contributed by atoms with Crippen molar-refractivity contribution in [3.63, 3.8) is 0 Å². The first-order valence-electron chi connectivity index (χ1n) is 7.35. The van der Waals surface area contributed by atoms with Gasteiger partial charge in [-0.05, 0) is 42.5 Å². The number of aryl methyl sites for hydroxylation is 1. The topological polar surface area (TPSA) is 66.4 Å². The van der Waals surface area contributed by atoms with Crippen molar-refractivity contribution < 1.29 is 17.9 Å². The van der Waals surface area contributed by atoms with Crippen LogP contribution in [0.5, 0.6) is 0 Å². The molecular weight excluding hydrogens is 317 g/mol. The number of halogens is 1. The van der Waals surface area contributed by atoms with E-state index in [0.29, 0.717) is 12.0 Å². The molecule has 1 atom stereocenters. The highest BCUT2D eigenvalue weighted by Gasteiger charge is 2.21. The van der Waals surface area contributed by atoms with Crippen molar-refractivity contribution in [3.8, 4) is 0 Å². The van der Waals surface area contributed by atoms with Crippen molar-refractivity contribution in [2.24, 2.45) is 0 Å². The van der Waals surface area contributed by atoms with Crippen LogP contribution in [0.3, 0.4) is 0 Å². The van der Waals surface area contributed by atoms with Crippen LogP contribution in [0.1, 0.15) is 23.5 Å². The lowest BCUT2D eigenvalue weighted by Gasteiger charge is -2.17. The third kappa shape index (κ3) is 4.60. The number of sulfonamides is 1. The molecule has 0 spiro atoms. The molecule has 2 N–H and O–H groups in total. The fraction of sp³-hybridized carbons (Fsp3) is 0.294. The average molecular weight is 337 g/mol. The number of aliphatic hydroxyl groups excluding tert-OH is 1. The van der Waals surface area contributed by atoms with Crippen molar-refractivity contribution in [2.45, 2.75) is 24.2 Å². The van der Waals surface area contributed by atoms with E-state index in [0.717, 1.165) is 11.6 Å². The van der Waals surface area contributed by atoms with E-state index >= 15 is 0 Å². The van der Waals surface area contributed by atoms with Crippen LogP contribution >= 0.6 is 0 Å². The highest BCUT2D eigenvalue weighted by molar-refractivity contribution is 7.89. The Morgan fingerprint density at radius 3 is 2.52 bits per heavy atom. The van der Waals surface area contributed by atoms with Gasteiger partial charge in [0.1, 0.15) is 10.7 Å². The zero-order valence-electron chi connectivity index (χ0n) is 12.9. The van der Waals surface area contributed by atoms with Gasteiger partial charge in [0.15, 0.2) is 0 Å². The fourth-order valence-electron chi connectivity index (χ4n) is 2.37. The SMILES string of the molecule is Cc1ccc(F)c(S(=O)(=O)NCC(CCO)c2ccccc2)c1. The summed E-state index contributed by atoms with van der Waals surface area (Å²) in [6.45, 7) is 1.75.